The molecule has 0 atom stereocenters. The van der Waals surface area contributed by atoms with Crippen molar-refractivity contribution in [1.82, 2.24) is 19.6 Å². The number of aromatic nitrogens is 4. The van der Waals surface area contributed by atoms with E-state index < -0.39 is 0 Å². The largest absolute Gasteiger partial charge is 0.366 e. The van der Waals surface area contributed by atoms with Gasteiger partial charge in [0.25, 0.3) is 0 Å². The lowest BCUT2D eigenvalue weighted by Gasteiger charge is -2.11. The molecule has 0 fully saturated rings. The van der Waals surface area contributed by atoms with Crippen LogP contribution in [0.5, 0.6) is 0 Å². The van der Waals surface area contributed by atoms with Crippen LogP contribution in [0.15, 0.2) is 24.7 Å². The molecule has 0 saturated carbocycles. The lowest BCUT2D eigenvalue weighted by Crippen LogP contribution is -2.09. The van der Waals surface area contributed by atoms with Gasteiger partial charge in [0.05, 0.1) is 12.4 Å². The van der Waals surface area contributed by atoms with Crippen LogP contribution in [0.1, 0.15) is 39.3 Å². The van der Waals surface area contributed by atoms with Gasteiger partial charge >= 0.3 is 0 Å². The normalized spacial score (nSPS) is 11.5. The number of nitrogens with zero attached hydrogens (tertiary/aromatic N) is 4. The lowest BCUT2D eigenvalue weighted by molar-refractivity contribution is 0.483. The topological polar surface area (TPSA) is 47.7 Å². The van der Waals surface area contributed by atoms with Gasteiger partial charge in [-0.3, -0.25) is 4.68 Å². The van der Waals surface area contributed by atoms with Gasteiger partial charge in [0.15, 0.2) is 0 Å². The van der Waals surface area contributed by atoms with Crippen LogP contribution in [0.4, 0.5) is 5.82 Å². The van der Waals surface area contributed by atoms with Gasteiger partial charge in [-0.05, 0) is 19.8 Å². The number of nitrogens with one attached hydrogen (secondary N) is 1. The van der Waals surface area contributed by atoms with Gasteiger partial charge in [-0.2, -0.15) is 10.2 Å². The second kappa shape index (κ2) is 5.91. The van der Waals surface area contributed by atoms with E-state index in [0.717, 1.165) is 18.9 Å². The third kappa shape index (κ3) is 3.59. The number of hydrogen-bond acceptors (Lipinski definition) is 3. The van der Waals surface area contributed by atoms with Gasteiger partial charge in [-0.15, -0.1) is 0 Å². The molecule has 0 aliphatic carbocycles. The van der Waals surface area contributed by atoms with Gasteiger partial charge in [0.1, 0.15) is 5.82 Å². The minimum Gasteiger partial charge on any atom is -0.366 e. The first-order valence-electron chi connectivity index (χ1n) is 6.85. The summed E-state index contributed by atoms with van der Waals surface area (Å²) in [7, 11) is 0. The molecular weight excluding hydrogens is 238 g/mol. The molecule has 0 aliphatic heterocycles. The first kappa shape index (κ1) is 13.6. The molecule has 0 bridgehead atoms. The van der Waals surface area contributed by atoms with E-state index in [1.54, 1.807) is 0 Å². The van der Waals surface area contributed by atoms with Crippen molar-refractivity contribution in [3.8, 4) is 0 Å². The summed E-state index contributed by atoms with van der Waals surface area (Å²) >= 11 is 0. The Kier molecular flexibility index (Phi) is 4.24. The van der Waals surface area contributed by atoms with Crippen LogP contribution in [-0.4, -0.2) is 19.6 Å². The Balaban J connectivity index is 1.95. The van der Waals surface area contributed by atoms with E-state index in [0.29, 0.717) is 12.0 Å². The van der Waals surface area contributed by atoms with E-state index in [-0.39, 0.29) is 0 Å². The molecule has 0 spiro atoms. The maximum absolute atomic E-state index is 4.37. The van der Waals surface area contributed by atoms with Crippen LogP contribution in [0, 0.1) is 5.92 Å². The SMILES string of the molecule is CC(C)Cn1cc(CNc2ccnn2C(C)C)cn1. The Morgan fingerprint density at radius 2 is 2.00 bits per heavy atom. The number of rotatable bonds is 6. The van der Waals surface area contributed by atoms with Gasteiger partial charge in [-0.1, -0.05) is 13.8 Å². The Morgan fingerprint density at radius 3 is 2.68 bits per heavy atom. The van der Waals surface area contributed by atoms with E-state index >= 15 is 0 Å². The van der Waals surface area contributed by atoms with Gasteiger partial charge in [-0.25, -0.2) is 4.68 Å². The summed E-state index contributed by atoms with van der Waals surface area (Å²) < 4.78 is 3.99. The van der Waals surface area contributed by atoms with Crippen LogP contribution in [-0.2, 0) is 13.1 Å². The number of hydrogen-bond donors (Lipinski definition) is 1. The van der Waals surface area contributed by atoms with Crippen LogP contribution in [0.3, 0.4) is 0 Å². The summed E-state index contributed by atoms with van der Waals surface area (Å²) in [6.45, 7) is 10.4. The van der Waals surface area contributed by atoms with Crippen LogP contribution in [0.25, 0.3) is 0 Å². The molecule has 5 nitrogen and oxygen atoms in total. The average Bonchev–Trinajstić information content (AvgIpc) is 2.93. The Labute approximate surface area is 114 Å². The summed E-state index contributed by atoms with van der Waals surface area (Å²) in [5, 5.41) is 12.1. The summed E-state index contributed by atoms with van der Waals surface area (Å²) in [4.78, 5) is 0. The maximum Gasteiger partial charge on any atom is 0.124 e. The molecule has 2 aromatic heterocycles. The standard InChI is InChI=1S/C14H23N5/c1-11(2)9-18-10-13(8-17-18)7-15-14-5-6-16-19(14)12(3)4/h5-6,8,10-12,15H,7,9H2,1-4H3. The first-order chi connectivity index (χ1) is 9.06. The van der Waals surface area contributed by atoms with Gasteiger partial charge in [0, 0.05) is 37.0 Å². The van der Waals surface area contributed by atoms with Crippen molar-refractivity contribution >= 4 is 5.82 Å². The Morgan fingerprint density at radius 1 is 1.21 bits per heavy atom. The molecule has 1 N–H and O–H groups in total. The van der Waals surface area contributed by atoms with E-state index in [2.05, 4.69) is 49.4 Å². The van der Waals surface area contributed by atoms with E-state index in [1.807, 2.05) is 27.8 Å². The lowest BCUT2D eigenvalue weighted by atomic mass is 10.2. The minimum absolute atomic E-state index is 0.362. The van der Waals surface area contributed by atoms with Crippen LogP contribution in [0.2, 0.25) is 0 Å². The zero-order valence-corrected chi connectivity index (χ0v) is 12.2. The molecule has 2 aromatic rings. The van der Waals surface area contributed by atoms with Crippen LogP contribution >= 0.6 is 0 Å². The highest BCUT2D eigenvalue weighted by Gasteiger charge is 2.06. The molecule has 0 saturated heterocycles. The van der Waals surface area contributed by atoms with Crippen LogP contribution < -0.4 is 5.32 Å². The first-order valence-corrected chi connectivity index (χ1v) is 6.85. The summed E-state index contributed by atoms with van der Waals surface area (Å²) in [6.07, 6.45) is 5.85. The molecule has 2 rings (SSSR count). The highest BCUT2D eigenvalue weighted by molar-refractivity contribution is 5.35. The molecular formula is C14H23N5. The fourth-order valence-corrected chi connectivity index (χ4v) is 2.03. The maximum atomic E-state index is 4.37. The average molecular weight is 261 g/mol. The summed E-state index contributed by atoms with van der Waals surface area (Å²) in [5.41, 5.74) is 1.19. The Bertz CT molecular complexity index is 509. The third-order valence-corrected chi connectivity index (χ3v) is 2.87. The summed E-state index contributed by atoms with van der Waals surface area (Å²) in [6, 6.07) is 2.36. The van der Waals surface area contributed by atoms with E-state index in [4.69, 9.17) is 0 Å². The predicted molar refractivity (Wildman–Crippen MR) is 77.0 cm³/mol. The van der Waals surface area contributed by atoms with Gasteiger partial charge < -0.3 is 5.32 Å². The minimum atomic E-state index is 0.362. The molecule has 2 heterocycles. The van der Waals surface area contributed by atoms with Gasteiger partial charge in [0.2, 0.25) is 0 Å². The highest BCUT2D eigenvalue weighted by Crippen LogP contribution is 2.14. The van der Waals surface area contributed by atoms with E-state index in [9.17, 15) is 0 Å². The fraction of sp³-hybridized carbons (Fsp3) is 0.571. The summed E-state index contributed by atoms with van der Waals surface area (Å²) in [5.74, 6) is 1.66. The Hall–Kier alpha value is -1.78. The fourth-order valence-electron chi connectivity index (χ4n) is 2.03. The molecule has 0 aliphatic rings. The van der Waals surface area contributed by atoms with Crippen molar-refractivity contribution in [3.63, 3.8) is 0 Å². The third-order valence-electron chi connectivity index (χ3n) is 2.87. The van der Waals surface area contributed by atoms with Crippen molar-refractivity contribution in [2.75, 3.05) is 5.32 Å². The molecule has 0 amide bonds. The van der Waals surface area contributed by atoms with Crippen molar-refractivity contribution in [1.29, 1.82) is 0 Å². The monoisotopic (exact) mass is 261 g/mol. The molecule has 0 unspecified atom stereocenters. The second-order valence-corrected chi connectivity index (χ2v) is 5.57. The molecule has 0 aromatic carbocycles. The zero-order chi connectivity index (χ0) is 13.8. The van der Waals surface area contributed by atoms with Crippen molar-refractivity contribution in [2.45, 2.75) is 46.8 Å². The predicted octanol–water partition coefficient (Wildman–Crippen LogP) is 2.93. The number of anilines is 1. The van der Waals surface area contributed by atoms with Crippen molar-refractivity contribution < 1.29 is 0 Å². The molecule has 0 radical (unpaired) electrons. The molecule has 104 valence electrons. The zero-order valence-electron chi connectivity index (χ0n) is 12.2. The second-order valence-electron chi connectivity index (χ2n) is 5.57. The smallest absolute Gasteiger partial charge is 0.124 e. The quantitative estimate of drug-likeness (QED) is 0.869. The van der Waals surface area contributed by atoms with E-state index in [1.165, 1.54) is 5.56 Å². The molecule has 5 heteroatoms. The molecule has 19 heavy (non-hydrogen) atoms. The van der Waals surface area contributed by atoms with Crippen molar-refractivity contribution in [2.24, 2.45) is 5.92 Å². The highest BCUT2D eigenvalue weighted by atomic mass is 15.3. The van der Waals surface area contributed by atoms with Crippen molar-refractivity contribution in [3.05, 3.63) is 30.2 Å².